The number of hydrogen-bond acceptors (Lipinski definition) is 12. The maximum Gasteiger partial charge on any atom is 0.475 e. The highest BCUT2D eigenvalue weighted by molar-refractivity contribution is 7.48. The van der Waals surface area contributed by atoms with E-state index in [4.69, 9.17) is 43.5 Å². The number of phosphoric ester groups is 1. The fraction of sp³-hybridized carbons (Fsp3) is 0.684. The fourth-order valence-corrected chi connectivity index (χ4v) is 6.27. The van der Waals surface area contributed by atoms with Gasteiger partial charge < -0.3 is 34.2 Å². The number of aliphatic hydroxyl groups is 4. The average molecular weight is 545 g/mol. The topological polar surface area (TPSA) is 163 Å². The molecule has 1 aromatic carbocycles. The zero-order chi connectivity index (χ0) is 24.3. The lowest BCUT2D eigenvalue weighted by molar-refractivity contribution is -0.292. The van der Waals surface area contributed by atoms with Gasteiger partial charge in [-0.2, -0.15) is 0 Å². The normalized spacial score (nSPS) is 38.5. The van der Waals surface area contributed by atoms with Gasteiger partial charge in [0.25, 0.3) is 0 Å². The van der Waals surface area contributed by atoms with E-state index >= 15 is 0 Å². The summed E-state index contributed by atoms with van der Waals surface area (Å²) >= 11 is 6.01. The number of halogens is 1. The highest BCUT2D eigenvalue weighted by atomic mass is 35.5. The molecule has 3 saturated heterocycles. The van der Waals surface area contributed by atoms with Gasteiger partial charge in [0, 0.05) is 11.4 Å². The van der Waals surface area contributed by atoms with Crippen LogP contribution in [0, 0.1) is 0 Å². The first-order valence-electron chi connectivity index (χ1n) is 10.7. The van der Waals surface area contributed by atoms with Crippen molar-refractivity contribution >= 4 is 28.0 Å². The molecule has 3 aliphatic rings. The summed E-state index contributed by atoms with van der Waals surface area (Å²) in [6, 6.07) is 6.87. The number of phosphoric acid groups is 1. The van der Waals surface area contributed by atoms with Crippen molar-refractivity contribution in [2.24, 2.45) is 0 Å². The van der Waals surface area contributed by atoms with Crippen LogP contribution in [-0.4, -0.2) is 83.7 Å². The molecule has 0 aromatic heterocycles. The number of hydrogen-bond donors (Lipinski definition) is 4. The van der Waals surface area contributed by atoms with Gasteiger partial charge in [0.2, 0.25) is 0 Å². The van der Waals surface area contributed by atoms with Crippen molar-refractivity contribution in [3.8, 4) is 0 Å². The van der Waals surface area contributed by atoms with E-state index in [1.807, 2.05) is 0 Å². The van der Waals surface area contributed by atoms with E-state index in [1.54, 1.807) is 24.3 Å². The molecule has 0 aliphatic carbocycles. The van der Waals surface area contributed by atoms with Gasteiger partial charge in [-0.25, -0.2) is 4.57 Å². The quantitative estimate of drug-likeness (QED) is 0.369. The van der Waals surface area contributed by atoms with E-state index in [2.05, 4.69) is 0 Å². The van der Waals surface area contributed by atoms with Crippen molar-refractivity contribution in [3.05, 3.63) is 34.9 Å². The molecule has 3 aliphatic heterocycles. The Bertz CT molecular complexity index is 858. The van der Waals surface area contributed by atoms with Gasteiger partial charge in [0.15, 0.2) is 6.29 Å². The van der Waals surface area contributed by atoms with Crippen LogP contribution in [0.3, 0.4) is 0 Å². The first kappa shape index (κ1) is 26.8. The van der Waals surface area contributed by atoms with E-state index in [-0.39, 0.29) is 6.61 Å². The third-order valence-electron chi connectivity index (χ3n) is 5.37. The van der Waals surface area contributed by atoms with Crippen LogP contribution in [0.4, 0.5) is 0 Å². The van der Waals surface area contributed by atoms with E-state index in [0.29, 0.717) is 36.6 Å². The van der Waals surface area contributed by atoms with Crippen LogP contribution < -0.4 is 0 Å². The molecule has 4 N–H and O–H groups in total. The maximum atomic E-state index is 13.0. The Kier molecular flexibility index (Phi) is 9.34. The second-order valence-corrected chi connectivity index (χ2v) is 11.1. The molecule has 3 fully saturated rings. The summed E-state index contributed by atoms with van der Waals surface area (Å²) in [6.07, 6.45) is -9.02. The molecular weight excluding hydrogens is 518 g/mol. The number of aliphatic hydroxyl groups excluding tert-OH is 4. The molecule has 4 rings (SSSR count). The van der Waals surface area contributed by atoms with Crippen LogP contribution in [0.1, 0.15) is 24.5 Å². The van der Waals surface area contributed by atoms with Crippen molar-refractivity contribution < 1.29 is 56.9 Å². The van der Waals surface area contributed by atoms with E-state index in [0.717, 1.165) is 0 Å². The standard InChI is InChI=1S/C19H27ClO12P2/c20-12-4-1-3-11(9-12)14-5-8-28-34(25,32-14)29-10-13(21)18-16(23)15(22)17(24)19(30-18)31-33-26-6-2-7-27-33/h1,3-4,9,13-19,21-24H,2,5-8,10H2/t13-,14+,15+,16+,17+,18-,19-,34-/m1/s1. The SMILES string of the molecule is O=[P@]1(OC[C@@H](O)[C@H]2O[C@H](OP3OCCCO3)[C@@H](O)[C@@H](O)[C@@H]2O)OCC[C@@H](c2cccc(Cl)c2)O1. The van der Waals surface area contributed by atoms with E-state index in [9.17, 15) is 25.0 Å². The van der Waals surface area contributed by atoms with Crippen molar-refractivity contribution in [3.63, 3.8) is 0 Å². The highest BCUT2D eigenvalue weighted by Crippen LogP contribution is 2.57. The Morgan fingerprint density at radius 3 is 2.65 bits per heavy atom. The van der Waals surface area contributed by atoms with Crippen LogP contribution >= 0.6 is 28.0 Å². The Morgan fingerprint density at radius 1 is 1.15 bits per heavy atom. The molecule has 15 heteroatoms. The van der Waals surface area contributed by atoms with Gasteiger partial charge in [-0.1, -0.05) is 23.7 Å². The molecule has 8 atom stereocenters. The number of rotatable bonds is 7. The van der Waals surface area contributed by atoms with Crippen LogP contribution in [-0.2, 0) is 36.4 Å². The Labute approximate surface area is 202 Å². The monoisotopic (exact) mass is 544 g/mol. The van der Waals surface area contributed by atoms with Crippen LogP contribution in [0.2, 0.25) is 5.02 Å². The molecule has 0 amide bonds. The summed E-state index contributed by atoms with van der Waals surface area (Å²) in [5.41, 5.74) is 0.692. The second kappa shape index (κ2) is 11.9. The Hall–Kier alpha value is -0.270. The lowest BCUT2D eigenvalue weighted by Gasteiger charge is -2.42. The van der Waals surface area contributed by atoms with Gasteiger partial charge >= 0.3 is 16.4 Å². The molecule has 0 saturated carbocycles. The van der Waals surface area contributed by atoms with Crippen molar-refractivity contribution in [1.82, 2.24) is 0 Å². The summed E-state index contributed by atoms with van der Waals surface area (Å²) in [4.78, 5) is 0. The number of ether oxygens (including phenoxy) is 1. The fourth-order valence-electron chi connectivity index (χ4n) is 3.57. The molecule has 0 unspecified atom stereocenters. The average Bonchev–Trinajstić information content (AvgIpc) is 2.83. The minimum atomic E-state index is -4.07. The van der Waals surface area contributed by atoms with Gasteiger partial charge in [0.1, 0.15) is 30.5 Å². The minimum Gasteiger partial charge on any atom is -0.388 e. The summed E-state index contributed by atoms with van der Waals surface area (Å²) < 4.78 is 50.5. The first-order chi connectivity index (χ1) is 16.3. The summed E-state index contributed by atoms with van der Waals surface area (Å²) in [5, 5.41) is 41.8. The predicted molar refractivity (Wildman–Crippen MR) is 117 cm³/mol. The molecular formula is C19H27ClO12P2. The van der Waals surface area contributed by atoms with Crippen LogP contribution in [0.25, 0.3) is 0 Å². The molecule has 192 valence electrons. The lowest BCUT2D eigenvalue weighted by atomic mass is 9.96. The van der Waals surface area contributed by atoms with Gasteiger partial charge in [-0.15, -0.1) is 0 Å². The molecule has 3 heterocycles. The second-order valence-electron chi connectivity index (χ2n) is 7.87. The van der Waals surface area contributed by atoms with Gasteiger partial charge in [0.05, 0.1) is 32.5 Å². The minimum absolute atomic E-state index is 0.0808. The summed E-state index contributed by atoms with van der Waals surface area (Å²) in [5.74, 6) is 0. The van der Waals surface area contributed by atoms with E-state index < -0.39 is 65.9 Å². The van der Waals surface area contributed by atoms with Crippen molar-refractivity contribution in [1.29, 1.82) is 0 Å². The molecule has 0 radical (unpaired) electrons. The highest BCUT2D eigenvalue weighted by Gasteiger charge is 2.49. The molecule has 1 aromatic rings. The van der Waals surface area contributed by atoms with E-state index in [1.165, 1.54) is 0 Å². The number of benzene rings is 1. The van der Waals surface area contributed by atoms with Crippen LogP contribution in [0.15, 0.2) is 24.3 Å². The Balaban J connectivity index is 1.35. The molecule has 0 spiro atoms. The Morgan fingerprint density at radius 2 is 1.91 bits per heavy atom. The first-order valence-corrected chi connectivity index (χ1v) is 13.6. The van der Waals surface area contributed by atoms with Gasteiger partial charge in [-0.3, -0.25) is 18.1 Å². The third-order valence-corrected chi connectivity index (χ3v) is 8.25. The molecule has 12 nitrogen and oxygen atoms in total. The largest absolute Gasteiger partial charge is 0.475 e. The lowest BCUT2D eigenvalue weighted by Crippen LogP contribution is -2.61. The summed E-state index contributed by atoms with van der Waals surface area (Å²) in [6.45, 7) is 0.242. The third kappa shape index (κ3) is 6.53. The van der Waals surface area contributed by atoms with Crippen LogP contribution in [0.5, 0.6) is 0 Å². The molecule has 0 bridgehead atoms. The predicted octanol–water partition coefficient (Wildman–Crippen LogP) is 1.79. The smallest absolute Gasteiger partial charge is 0.388 e. The zero-order valence-corrected chi connectivity index (χ0v) is 20.5. The van der Waals surface area contributed by atoms with Crippen molar-refractivity contribution in [2.45, 2.75) is 55.8 Å². The summed E-state index contributed by atoms with van der Waals surface area (Å²) in [7, 11) is -5.90. The molecule has 34 heavy (non-hydrogen) atoms. The zero-order valence-electron chi connectivity index (χ0n) is 17.9. The van der Waals surface area contributed by atoms with Crippen molar-refractivity contribution in [2.75, 3.05) is 26.4 Å². The maximum absolute atomic E-state index is 13.0. The van der Waals surface area contributed by atoms with Gasteiger partial charge in [-0.05, 0) is 24.1 Å².